The minimum absolute atomic E-state index is 0.183. The second-order valence-corrected chi connectivity index (χ2v) is 3.28. The number of carbonyl (C=O) groups excluding carboxylic acids is 1. The van der Waals surface area contributed by atoms with E-state index < -0.39 is 22.3 Å². The number of nitrogens with zero attached hydrogens (tertiary/aromatic N) is 1. The number of ether oxygens (including phenoxy) is 1. The van der Waals surface area contributed by atoms with Crippen molar-refractivity contribution < 1.29 is 22.7 Å². The number of rotatable bonds is 1. The van der Waals surface area contributed by atoms with Gasteiger partial charge in [0.15, 0.2) is 0 Å². The van der Waals surface area contributed by atoms with Crippen LogP contribution in [-0.4, -0.2) is 18.1 Å². The van der Waals surface area contributed by atoms with Crippen molar-refractivity contribution in [3.8, 4) is 0 Å². The smallest absolute Gasteiger partial charge is 0.419 e. The van der Waals surface area contributed by atoms with E-state index in [9.17, 15) is 18.0 Å². The number of hydrogen-bond donors (Lipinski definition) is 0. The van der Waals surface area contributed by atoms with Crippen LogP contribution in [0, 0.1) is 0 Å². The summed E-state index contributed by atoms with van der Waals surface area (Å²) >= 11 is 2.64. The lowest BCUT2D eigenvalue weighted by Gasteiger charge is -2.08. The summed E-state index contributed by atoms with van der Waals surface area (Å²) in [6, 6.07) is 1.72. The molecule has 0 saturated carbocycles. The normalized spacial score (nSPS) is 11.3. The van der Waals surface area contributed by atoms with Crippen molar-refractivity contribution in [2.75, 3.05) is 7.11 Å². The van der Waals surface area contributed by atoms with Crippen molar-refractivity contribution in [2.24, 2.45) is 0 Å². The van der Waals surface area contributed by atoms with Crippen molar-refractivity contribution in [3.05, 3.63) is 28.0 Å². The summed E-state index contributed by atoms with van der Waals surface area (Å²) in [6.07, 6.45) is -4.50. The van der Waals surface area contributed by atoms with Gasteiger partial charge in [-0.1, -0.05) is 0 Å². The third kappa shape index (κ3) is 2.68. The van der Waals surface area contributed by atoms with E-state index in [0.29, 0.717) is 0 Å². The molecular weight excluding hydrogens is 279 g/mol. The third-order valence-corrected chi connectivity index (χ3v) is 2.15. The van der Waals surface area contributed by atoms with Gasteiger partial charge in [-0.3, -0.25) is 0 Å². The molecule has 0 saturated heterocycles. The zero-order valence-electron chi connectivity index (χ0n) is 7.43. The van der Waals surface area contributed by atoms with Crippen LogP contribution in [-0.2, 0) is 10.9 Å². The minimum Gasteiger partial charge on any atom is -0.464 e. The maximum atomic E-state index is 12.3. The fourth-order valence-corrected chi connectivity index (χ4v) is 1.41. The van der Waals surface area contributed by atoms with Crippen LogP contribution in [0.4, 0.5) is 13.2 Å². The SMILES string of the molecule is COC(=O)c1ccc(C(F)(F)F)c(Br)n1. The van der Waals surface area contributed by atoms with Gasteiger partial charge >= 0.3 is 12.1 Å². The summed E-state index contributed by atoms with van der Waals surface area (Å²) in [5.74, 6) is -0.788. The van der Waals surface area contributed by atoms with Crippen molar-refractivity contribution in [1.82, 2.24) is 4.98 Å². The van der Waals surface area contributed by atoms with Crippen LogP contribution in [0.3, 0.4) is 0 Å². The number of alkyl halides is 3. The number of aromatic nitrogens is 1. The highest BCUT2D eigenvalue weighted by Gasteiger charge is 2.34. The summed E-state index contributed by atoms with van der Waals surface area (Å²) in [7, 11) is 1.12. The van der Waals surface area contributed by atoms with Gasteiger partial charge in [0.25, 0.3) is 0 Å². The Balaban J connectivity index is 3.15. The Labute approximate surface area is 91.4 Å². The monoisotopic (exact) mass is 283 g/mol. The van der Waals surface area contributed by atoms with Crippen LogP contribution >= 0.6 is 15.9 Å². The Hall–Kier alpha value is -1.11. The number of hydrogen-bond acceptors (Lipinski definition) is 3. The van der Waals surface area contributed by atoms with E-state index in [1.165, 1.54) is 0 Å². The van der Waals surface area contributed by atoms with E-state index >= 15 is 0 Å². The van der Waals surface area contributed by atoms with Crippen LogP contribution in [0.2, 0.25) is 0 Å². The lowest BCUT2D eigenvalue weighted by Crippen LogP contribution is -2.10. The van der Waals surface area contributed by atoms with Gasteiger partial charge < -0.3 is 4.74 Å². The molecular formula is C8H5BrF3NO2. The van der Waals surface area contributed by atoms with Crippen molar-refractivity contribution >= 4 is 21.9 Å². The lowest BCUT2D eigenvalue weighted by atomic mass is 10.2. The average Bonchev–Trinajstić information content (AvgIpc) is 2.14. The molecule has 3 nitrogen and oxygen atoms in total. The first kappa shape index (κ1) is 12.0. The van der Waals surface area contributed by atoms with Crippen LogP contribution in [0.1, 0.15) is 16.1 Å². The van der Waals surface area contributed by atoms with Gasteiger partial charge in [0.05, 0.1) is 12.7 Å². The lowest BCUT2D eigenvalue weighted by molar-refractivity contribution is -0.138. The van der Waals surface area contributed by atoms with Crippen LogP contribution < -0.4 is 0 Å². The highest BCUT2D eigenvalue weighted by molar-refractivity contribution is 9.10. The molecule has 0 aliphatic carbocycles. The van der Waals surface area contributed by atoms with Crippen LogP contribution in [0.5, 0.6) is 0 Å². The Morgan fingerprint density at radius 3 is 2.47 bits per heavy atom. The number of pyridine rings is 1. The van der Waals surface area contributed by atoms with Gasteiger partial charge in [0.1, 0.15) is 10.3 Å². The Kier molecular flexibility index (Phi) is 3.33. The van der Waals surface area contributed by atoms with Gasteiger partial charge in [-0.05, 0) is 28.1 Å². The van der Waals surface area contributed by atoms with E-state index in [1.807, 2.05) is 0 Å². The molecule has 0 N–H and O–H groups in total. The summed E-state index contributed by atoms with van der Waals surface area (Å²) in [4.78, 5) is 14.4. The first-order chi connectivity index (χ1) is 6.86. The molecule has 0 radical (unpaired) electrons. The maximum absolute atomic E-state index is 12.3. The first-order valence-corrected chi connectivity index (χ1v) is 4.47. The van der Waals surface area contributed by atoms with Gasteiger partial charge in [0, 0.05) is 0 Å². The molecule has 7 heteroatoms. The summed E-state index contributed by atoms with van der Waals surface area (Å²) in [5.41, 5.74) is -1.12. The maximum Gasteiger partial charge on any atom is 0.419 e. The highest BCUT2D eigenvalue weighted by atomic mass is 79.9. The van der Waals surface area contributed by atoms with Gasteiger partial charge in [-0.25, -0.2) is 9.78 Å². The topological polar surface area (TPSA) is 39.2 Å². The predicted octanol–water partition coefficient (Wildman–Crippen LogP) is 2.65. The molecule has 0 atom stereocenters. The first-order valence-electron chi connectivity index (χ1n) is 3.68. The fourth-order valence-electron chi connectivity index (χ4n) is 0.864. The van der Waals surface area contributed by atoms with E-state index in [-0.39, 0.29) is 5.69 Å². The molecule has 1 heterocycles. The van der Waals surface area contributed by atoms with E-state index in [4.69, 9.17) is 0 Å². The second kappa shape index (κ2) is 4.18. The molecule has 1 aromatic heterocycles. The van der Waals surface area contributed by atoms with Crippen molar-refractivity contribution in [2.45, 2.75) is 6.18 Å². The molecule has 0 aromatic carbocycles. The standard InChI is InChI=1S/C8H5BrF3NO2/c1-15-7(14)5-3-2-4(6(9)13-5)8(10,11)12/h2-3H,1H3. The van der Waals surface area contributed by atoms with Gasteiger partial charge in [0.2, 0.25) is 0 Å². The molecule has 0 aliphatic heterocycles. The molecule has 1 rings (SSSR count). The molecule has 15 heavy (non-hydrogen) atoms. The highest BCUT2D eigenvalue weighted by Crippen LogP contribution is 2.33. The minimum atomic E-state index is -4.50. The molecule has 0 bridgehead atoms. The number of methoxy groups -OCH3 is 1. The fraction of sp³-hybridized carbons (Fsp3) is 0.250. The molecule has 0 fully saturated rings. The molecule has 0 unspecified atom stereocenters. The van der Waals surface area contributed by atoms with Crippen molar-refractivity contribution in [1.29, 1.82) is 0 Å². The second-order valence-electron chi connectivity index (χ2n) is 2.52. The summed E-state index contributed by atoms with van der Waals surface area (Å²) in [6.45, 7) is 0. The number of esters is 1. The number of halogens is 4. The molecule has 0 amide bonds. The molecule has 0 spiro atoms. The van der Waals surface area contributed by atoms with E-state index in [2.05, 4.69) is 25.7 Å². The van der Waals surface area contributed by atoms with E-state index in [1.54, 1.807) is 0 Å². The molecule has 82 valence electrons. The zero-order valence-corrected chi connectivity index (χ0v) is 9.02. The van der Waals surface area contributed by atoms with Crippen LogP contribution in [0.15, 0.2) is 16.7 Å². The average molecular weight is 284 g/mol. The summed E-state index contributed by atoms with van der Waals surface area (Å²) < 4.78 is 40.7. The predicted molar refractivity (Wildman–Crippen MR) is 48.3 cm³/mol. The molecule has 0 aliphatic rings. The Bertz CT molecular complexity index is 392. The quantitative estimate of drug-likeness (QED) is 0.588. The zero-order chi connectivity index (χ0) is 11.6. The van der Waals surface area contributed by atoms with Crippen LogP contribution in [0.25, 0.3) is 0 Å². The Morgan fingerprint density at radius 1 is 1.47 bits per heavy atom. The summed E-state index contributed by atoms with van der Waals surface area (Å²) in [5, 5.41) is 0. The van der Waals surface area contributed by atoms with E-state index in [0.717, 1.165) is 19.2 Å². The van der Waals surface area contributed by atoms with Crippen molar-refractivity contribution in [3.63, 3.8) is 0 Å². The van der Waals surface area contributed by atoms with Gasteiger partial charge in [-0.2, -0.15) is 13.2 Å². The Morgan fingerprint density at radius 2 is 2.07 bits per heavy atom. The molecule has 1 aromatic rings. The third-order valence-electron chi connectivity index (χ3n) is 1.55. The largest absolute Gasteiger partial charge is 0.464 e. The van der Waals surface area contributed by atoms with Gasteiger partial charge in [-0.15, -0.1) is 0 Å². The number of carbonyl (C=O) groups is 1.